The summed E-state index contributed by atoms with van der Waals surface area (Å²) in [6, 6.07) is 77.7. The van der Waals surface area contributed by atoms with Gasteiger partial charge in [-0.1, -0.05) is 179 Å². The number of phenolic OH excluding ortho intramolecular Hbond substituents is 5. The van der Waals surface area contributed by atoms with Gasteiger partial charge in [0.2, 0.25) is 17.7 Å². The number of azo groups is 8. The van der Waals surface area contributed by atoms with Crippen LogP contribution < -0.4 is 27.7 Å². The van der Waals surface area contributed by atoms with Crippen molar-refractivity contribution >= 4 is 104 Å². The van der Waals surface area contributed by atoms with Gasteiger partial charge < -0.3 is 39.7 Å². The molecule has 14 aromatic rings. The summed E-state index contributed by atoms with van der Waals surface area (Å²) in [6.45, 7) is 18.7. The van der Waals surface area contributed by atoms with Gasteiger partial charge in [0.1, 0.15) is 62.2 Å². The molecule has 6 heterocycles. The van der Waals surface area contributed by atoms with Crippen LogP contribution in [0.25, 0.3) is 46.6 Å². The van der Waals surface area contributed by atoms with E-state index < -0.39 is 0 Å². The molecule has 0 bridgehead atoms. The molecule has 5 N–H and O–H groups in total. The number of ether oxygens (including phenoxy) is 3. The standard InChI is InChI=1S/C18H15ClN2O2.C18H19N4O2.C14H14N2O2.C14H15N2.C13H12N2O2.2C8H10N.C6H9N2.4Ni/c1-21(15-9-8-13(19)11-17(15)23-2)20-18-14-6-4-3-5-12(14)7-10-16(18)22;1-13-17(21(2)20-15-11-7-8-12-16(15)23)18(24-3)22(19-13)14-9-5-4-6-10-14;1-16(12-8-4-6-10-14(12)18-2)15-11-7-3-5-9-13(11)17;1-4-12-5-7-15-13(10-12)14-9-11(2)6-8-16(14)3;1-15(11-7-3-5-9-13(11)17)14-10-6-2-4-8-12(10)16;2*1-3-8-4-6-9(2)7-5-8;1-3-8-5-4-7(2)6-8;;;;/h3-11H,1-2H3;4-12,17H,1-3H3;3-10H,1-2H3;4-10H,1H2,2-3H3;2-9,17H,1H3;2*3-7H,1H2,2H3;3-6H,1H2,2H3;;;;/q;+1;;+1;;3*+1;;;;/p+4. The molecule has 128 heavy (non-hydrogen) atoms. The third-order valence-corrected chi connectivity index (χ3v) is 18.7. The van der Waals surface area contributed by atoms with E-state index in [9.17, 15) is 25.5 Å². The van der Waals surface area contributed by atoms with Gasteiger partial charge in [0, 0.05) is 176 Å². The Bertz CT molecular complexity index is 6120. The molecule has 0 aliphatic carbocycles. The summed E-state index contributed by atoms with van der Waals surface area (Å²) in [4.78, 5) is 4.39. The topological polar surface area (TPSA) is 239 Å². The molecule has 29 heteroatoms. The van der Waals surface area contributed by atoms with Crippen molar-refractivity contribution in [1.82, 2.24) is 9.55 Å². The van der Waals surface area contributed by atoms with Crippen molar-refractivity contribution < 1.29 is 147 Å². The Kier molecular flexibility index (Phi) is 45.9. The van der Waals surface area contributed by atoms with Gasteiger partial charge >= 0.3 is 11.9 Å². The van der Waals surface area contributed by atoms with Crippen molar-refractivity contribution in [3.63, 3.8) is 0 Å². The van der Waals surface area contributed by atoms with Crippen molar-refractivity contribution in [2.24, 2.45) is 53.7 Å². The summed E-state index contributed by atoms with van der Waals surface area (Å²) in [5, 5.41) is 73.8. The van der Waals surface area contributed by atoms with E-state index in [1.807, 2.05) is 287 Å². The van der Waals surface area contributed by atoms with E-state index in [0.717, 1.165) is 67.4 Å². The average Bonchev–Trinajstić information content (AvgIpc) is 1.50. The third-order valence-electron chi connectivity index (χ3n) is 18.5. The van der Waals surface area contributed by atoms with Gasteiger partial charge in [-0.25, -0.2) is 23.3 Å². The number of likely N-dealkylation sites (N-methyl/N-ethyl adjacent to an activating group) is 1. The summed E-state index contributed by atoms with van der Waals surface area (Å²) in [6.07, 6.45) is 24.9. The van der Waals surface area contributed by atoms with Crippen LogP contribution in [0.2, 0.25) is 5.02 Å². The largest absolute Gasteiger partial charge is 0.505 e. The van der Waals surface area contributed by atoms with Crippen LogP contribution in [-0.2, 0) is 98.9 Å². The summed E-state index contributed by atoms with van der Waals surface area (Å²) < 4.78 is 34.5. The molecule has 670 valence electrons. The van der Waals surface area contributed by atoms with E-state index in [1.54, 1.807) is 157 Å². The molecule has 1 aliphatic heterocycles. The number of imidazole rings is 1. The zero-order chi connectivity index (χ0) is 89.6. The number of phenols is 5. The van der Waals surface area contributed by atoms with E-state index in [1.165, 1.54) is 10.3 Å². The number of halogens is 1. The van der Waals surface area contributed by atoms with Gasteiger partial charge in [-0.2, -0.15) is 4.57 Å². The van der Waals surface area contributed by atoms with Gasteiger partial charge in [0.05, 0.1) is 34.6 Å². The van der Waals surface area contributed by atoms with Crippen molar-refractivity contribution in [1.29, 1.82) is 0 Å². The number of aromatic nitrogens is 6. The number of benzene rings is 9. The normalized spacial score (nSPS) is 11.7. The molecular weight excluding hydrogens is 1810 g/mol. The number of hydrogen-bond acceptors (Lipinski definition) is 14. The van der Waals surface area contributed by atoms with Crippen molar-refractivity contribution in [2.45, 2.75) is 19.9 Å². The van der Waals surface area contributed by atoms with Crippen LogP contribution in [0, 0.1) is 6.92 Å². The maximum absolute atomic E-state index is 10.2. The number of pyridine rings is 4. The number of aromatic hydroxyl groups is 5. The Labute approximate surface area is 794 Å². The zero-order valence-corrected chi connectivity index (χ0v) is 78.1. The van der Waals surface area contributed by atoms with Gasteiger partial charge in [-0.15, -0.1) is 4.70 Å². The Hall–Kier alpha value is -13.6. The molecule has 1 atom stereocenters. The Balaban J connectivity index is 0.000000312. The Morgan fingerprint density at radius 2 is 0.930 bits per heavy atom. The van der Waals surface area contributed by atoms with Crippen LogP contribution in [0.1, 0.15) is 29.2 Å². The number of nitrogens with zero attached hydrogens (tertiary/aromatic N) is 16. The molecule has 24 nitrogen and oxygen atoms in total. The number of para-hydroxylation sites is 8. The van der Waals surface area contributed by atoms with Crippen LogP contribution in [0.4, 0.5) is 45.5 Å². The van der Waals surface area contributed by atoms with Gasteiger partial charge in [-0.05, 0) is 124 Å². The summed E-state index contributed by atoms with van der Waals surface area (Å²) >= 11 is 5.99. The molecule has 1 unspecified atom stereocenters. The van der Waals surface area contributed by atoms with Crippen LogP contribution in [0.3, 0.4) is 0 Å². The predicted octanol–water partition coefficient (Wildman–Crippen LogP) is 20.4. The molecule has 0 amide bonds. The molecular formula is C99H108ClN16Ni4O8+9. The molecule has 15 rings (SSSR count). The molecule has 0 fully saturated rings. The maximum atomic E-state index is 10.2. The number of aryl methyl sites for hydroxylation is 5. The number of hydrazone groups is 1. The summed E-state index contributed by atoms with van der Waals surface area (Å²) in [7, 11) is 20.0. The van der Waals surface area contributed by atoms with Crippen molar-refractivity contribution in [2.75, 3.05) is 49.5 Å². The minimum Gasteiger partial charge on any atom is -0.505 e. The third kappa shape index (κ3) is 32.1. The fourth-order valence-corrected chi connectivity index (χ4v) is 12.0. The van der Waals surface area contributed by atoms with E-state index in [2.05, 4.69) is 80.5 Å². The SMILES string of the molecule is C=Cc1cc[n+](C)cc1.C=Cc1cc[n+](C)cc1.C=Cc1ccnc(-c2cc(C)cc[n+]2C)c1.C=Cn1cc[n+](C)c1.COC1=[N+](c2ccccc2)N=C(C)C1[N+](C)=Nc1ccccc1O.COc1cc(Cl)ccc1[N+](C)=Nc1c(O)ccc2ccccc12.COc1ccccc1[N+](C)=Nc1ccccc1O.C[N+](=Nc1ccccc1O)c1ccccc1O.[Ni].[Ni].[Ni].[Ni]. The van der Waals surface area contributed by atoms with Gasteiger partial charge in [0.25, 0.3) is 17.1 Å². The zero-order valence-electron chi connectivity index (χ0n) is 73.4. The minimum atomic E-state index is -0.241. The van der Waals surface area contributed by atoms with Gasteiger partial charge in [-0.3, -0.25) is 0 Å². The second kappa shape index (κ2) is 55.0. The molecule has 0 saturated carbocycles. The van der Waals surface area contributed by atoms with Crippen molar-refractivity contribution in [3.8, 4) is 51.6 Å². The predicted molar refractivity (Wildman–Crippen MR) is 489 cm³/mol. The first-order valence-corrected chi connectivity index (χ1v) is 39.5. The minimum absolute atomic E-state index is 0. The van der Waals surface area contributed by atoms with E-state index in [4.69, 9.17) is 25.8 Å². The number of hydrogen-bond donors (Lipinski definition) is 5. The monoisotopic (exact) mass is 1920 g/mol. The molecule has 0 radical (unpaired) electrons. The van der Waals surface area contributed by atoms with Gasteiger partial charge in [0.15, 0.2) is 105 Å². The number of methoxy groups -OCH3 is 3. The Morgan fingerprint density at radius 1 is 0.445 bits per heavy atom. The fraction of sp³-hybridized carbons (Fsp3) is 0.141. The first kappa shape index (κ1) is 107. The number of fused-ring (bicyclic) bond motifs is 1. The van der Waals surface area contributed by atoms with Crippen LogP contribution in [0.5, 0.6) is 40.2 Å². The molecule has 5 aromatic heterocycles. The first-order chi connectivity index (χ1) is 59.8. The molecule has 0 spiro atoms. The quantitative estimate of drug-likeness (QED) is 0.0351. The van der Waals surface area contributed by atoms with E-state index in [0.29, 0.717) is 45.1 Å². The summed E-state index contributed by atoms with van der Waals surface area (Å²) in [5.74, 6) is 2.69. The second-order valence-electron chi connectivity index (χ2n) is 27.6. The molecule has 1 aliphatic rings. The van der Waals surface area contributed by atoms with Crippen LogP contribution >= 0.6 is 11.6 Å². The van der Waals surface area contributed by atoms with E-state index in [-0.39, 0.29) is 101 Å². The average molecular weight is 1920 g/mol. The number of rotatable bonds is 16. The molecule has 0 saturated heterocycles. The van der Waals surface area contributed by atoms with Crippen molar-refractivity contribution in [3.05, 3.63) is 364 Å². The fourth-order valence-electron chi connectivity index (χ4n) is 11.9. The Morgan fingerprint density at radius 3 is 1.44 bits per heavy atom. The van der Waals surface area contributed by atoms with E-state index >= 15 is 0 Å². The maximum Gasteiger partial charge on any atom is 0.453 e. The van der Waals surface area contributed by atoms with Crippen LogP contribution in [0.15, 0.2) is 363 Å². The first-order valence-electron chi connectivity index (χ1n) is 39.1. The summed E-state index contributed by atoms with van der Waals surface area (Å²) in [5.41, 5.74) is 12.7. The second-order valence-corrected chi connectivity index (χ2v) is 28.0. The van der Waals surface area contributed by atoms with Crippen LogP contribution in [-0.4, -0.2) is 126 Å². The molecule has 9 aromatic carbocycles. The smallest absolute Gasteiger partial charge is 0.453 e.